The number of hydrogen-bond acceptors (Lipinski definition) is 9. The average molecular weight is 528 g/mol. The number of anilines is 4. The molecular weight excluding hydrogens is 503 g/mol. The largest absolute Gasteiger partial charge is 0.444 e. The number of benzene rings is 1. The molecule has 13 heteroatoms. The monoisotopic (exact) mass is 527 g/mol. The molecule has 0 bridgehead atoms. The van der Waals surface area contributed by atoms with Gasteiger partial charge in [0.2, 0.25) is 0 Å². The van der Waals surface area contributed by atoms with Crippen molar-refractivity contribution < 1.29 is 27.1 Å². The van der Waals surface area contributed by atoms with Gasteiger partial charge in [-0.15, -0.1) is 5.10 Å². The third kappa shape index (κ3) is 7.18. The molecule has 38 heavy (non-hydrogen) atoms. The second kappa shape index (κ2) is 10.7. The van der Waals surface area contributed by atoms with Crippen LogP contribution in [0.2, 0.25) is 0 Å². The zero-order valence-electron chi connectivity index (χ0n) is 20.6. The Morgan fingerprint density at radius 3 is 2.58 bits per heavy atom. The molecular formula is C25H24F3N7O3. The molecule has 4 aromatic rings. The molecule has 10 nitrogen and oxygen atoms in total. The van der Waals surface area contributed by atoms with Gasteiger partial charge in [0.25, 0.3) is 5.89 Å². The number of amides is 1. The molecule has 0 aliphatic rings. The number of pyridine rings is 2. The highest BCUT2D eigenvalue weighted by molar-refractivity contribution is 5.83. The van der Waals surface area contributed by atoms with Gasteiger partial charge in [0.05, 0.1) is 11.1 Å². The smallest absolute Gasteiger partial charge is 0.416 e. The van der Waals surface area contributed by atoms with Crippen molar-refractivity contribution in [1.29, 1.82) is 0 Å². The molecule has 4 rings (SSSR count). The lowest BCUT2D eigenvalue weighted by atomic mass is 10.2. The minimum absolute atomic E-state index is 0.0823. The van der Waals surface area contributed by atoms with E-state index in [1.54, 1.807) is 57.4 Å². The highest BCUT2D eigenvalue weighted by Crippen LogP contribution is 2.32. The first-order chi connectivity index (χ1) is 18.0. The van der Waals surface area contributed by atoms with Crippen LogP contribution in [0.4, 0.5) is 41.3 Å². The minimum atomic E-state index is -4.48. The van der Waals surface area contributed by atoms with Crippen molar-refractivity contribution in [3.8, 4) is 11.5 Å². The van der Waals surface area contributed by atoms with E-state index in [0.29, 0.717) is 23.7 Å². The maximum atomic E-state index is 13.0. The second-order valence-electron chi connectivity index (χ2n) is 9.05. The fourth-order valence-electron chi connectivity index (χ4n) is 3.24. The lowest BCUT2D eigenvalue weighted by Gasteiger charge is -2.19. The normalized spacial score (nSPS) is 11.6. The van der Waals surface area contributed by atoms with Gasteiger partial charge in [-0.05, 0) is 68.8 Å². The lowest BCUT2D eigenvalue weighted by molar-refractivity contribution is -0.137. The molecule has 0 saturated heterocycles. The lowest BCUT2D eigenvalue weighted by Crippen LogP contribution is -2.27. The van der Waals surface area contributed by atoms with Gasteiger partial charge in [0.1, 0.15) is 17.2 Å². The average Bonchev–Trinajstić information content (AvgIpc) is 3.30. The number of hydrogen-bond donors (Lipinski definition) is 3. The summed E-state index contributed by atoms with van der Waals surface area (Å²) in [6, 6.07) is 11.4. The zero-order chi connectivity index (χ0) is 27.3. The number of nitrogens with one attached hydrogen (secondary N) is 3. The van der Waals surface area contributed by atoms with Gasteiger partial charge in [0.15, 0.2) is 0 Å². The minimum Gasteiger partial charge on any atom is -0.444 e. The fraction of sp³-hybridized carbons (Fsp3) is 0.240. The fourth-order valence-corrected chi connectivity index (χ4v) is 3.24. The van der Waals surface area contributed by atoms with Crippen molar-refractivity contribution in [1.82, 2.24) is 20.2 Å². The van der Waals surface area contributed by atoms with Gasteiger partial charge in [-0.1, -0.05) is 11.2 Å². The van der Waals surface area contributed by atoms with Gasteiger partial charge in [-0.3, -0.25) is 5.32 Å². The Bertz CT molecular complexity index is 1420. The number of nitrogens with zero attached hydrogens (tertiary/aromatic N) is 4. The number of aromatic nitrogens is 4. The van der Waals surface area contributed by atoms with Crippen molar-refractivity contribution in [3.63, 3.8) is 0 Å². The zero-order valence-corrected chi connectivity index (χ0v) is 20.6. The Morgan fingerprint density at radius 2 is 1.82 bits per heavy atom. The molecule has 3 heterocycles. The van der Waals surface area contributed by atoms with Crippen molar-refractivity contribution in [2.45, 2.75) is 39.1 Å². The summed E-state index contributed by atoms with van der Waals surface area (Å²) in [7, 11) is 0. The predicted octanol–water partition coefficient (Wildman–Crippen LogP) is 6.25. The van der Waals surface area contributed by atoms with Crippen LogP contribution in [0.15, 0.2) is 65.3 Å². The summed E-state index contributed by atoms with van der Waals surface area (Å²) in [5.74, 6) is 0.860. The highest BCUT2D eigenvalue weighted by Gasteiger charge is 2.30. The van der Waals surface area contributed by atoms with Crippen molar-refractivity contribution in [2.24, 2.45) is 0 Å². The van der Waals surface area contributed by atoms with Crippen LogP contribution >= 0.6 is 0 Å². The molecule has 0 atom stereocenters. The first-order valence-electron chi connectivity index (χ1n) is 11.4. The summed E-state index contributed by atoms with van der Waals surface area (Å²) >= 11 is 0. The van der Waals surface area contributed by atoms with Crippen LogP contribution in [-0.2, 0) is 17.5 Å². The van der Waals surface area contributed by atoms with E-state index in [2.05, 4.69) is 36.1 Å². The van der Waals surface area contributed by atoms with E-state index in [4.69, 9.17) is 9.15 Å². The predicted molar refractivity (Wildman–Crippen MR) is 134 cm³/mol. The van der Waals surface area contributed by atoms with E-state index in [1.807, 2.05) is 0 Å². The Morgan fingerprint density at radius 1 is 1.00 bits per heavy atom. The van der Waals surface area contributed by atoms with E-state index < -0.39 is 23.4 Å². The number of alkyl halides is 3. The summed E-state index contributed by atoms with van der Waals surface area (Å²) < 4.78 is 49.8. The van der Waals surface area contributed by atoms with E-state index in [9.17, 15) is 18.0 Å². The molecule has 0 aliphatic carbocycles. The third-order valence-corrected chi connectivity index (χ3v) is 4.82. The number of halogens is 3. The standard InChI is InChI=1S/C25H24F3N7O3/c1-24(2,3)38-23(36)33-19-12-15(9-11-29-19)14-31-20-18(8-5-10-30-20)21-34-35-22(37-21)32-17-7-4-6-16(13-17)25(26,27)28/h4-13H,14H2,1-3H3,(H,30,31)(H,32,35)(H,29,33,36). The van der Waals surface area contributed by atoms with Crippen LogP contribution in [0.3, 0.4) is 0 Å². The van der Waals surface area contributed by atoms with Crippen LogP contribution in [0, 0.1) is 0 Å². The molecule has 3 N–H and O–H groups in total. The molecule has 1 amide bonds. The molecule has 0 aliphatic heterocycles. The molecule has 0 unspecified atom stereocenters. The summed E-state index contributed by atoms with van der Waals surface area (Å²) in [6.45, 7) is 5.61. The topological polar surface area (TPSA) is 127 Å². The Hall–Kier alpha value is -4.68. The Balaban J connectivity index is 1.44. The van der Waals surface area contributed by atoms with Crippen LogP contribution in [0.1, 0.15) is 31.9 Å². The molecule has 1 aromatic carbocycles. The summed E-state index contributed by atoms with van der Waals surface area (Å²) in [4.78, 5) is 20.5. The number of carbonyl (C=O) groups excluding carboxylic acids is 1. The Labute approximate surface area is 215 Å². The summed E-state index contributed by atoms with van der Waals surface area (Å²) in [5.41, 5.74) is -0.0245. The number of carbonyl (C=O) groups is 1. The molecule has 0 spiro atoms. The molecule has 0 fully saturated rings. The summed E-state index contributed by atoms with van der Waals surface area (Å²) in [5, 5.41) is 16.3. The molecule has 0 radical (unpaired) electrons. The SMILES string of the molecule is CC(C)(C)OC(=O)Nc1cc(CNc2ncccc2-c2nnc(Nc3cccc(C(F)(F)F)c3)o2)ccn1. The van der Waals surface area contributed by atoms with E-state index in [-0.39, 0.29) is 17.6 Å². The first-order valence-corrected chi connectivity index (χ1v) is 11.4. The molecule has 0 saturated carbocycles. The van der Waals surface area contributed by atoms with Gasteiger partial charge in [-0.2, -0.15) is 13.2 Å². The van der Waals surface area contributed by atoms with Crippen molar-refractivity contribution >= 4 is 29.4 Å². The van der Waals surface area contributed by atoms with E-state index >= 15 is 0 Å². The van der Waals surface area contributed by atoms with Crippen molar-refractivity contribution in [2.75, 3.05) is 16.0 Å². The van der Waals surface area contributed by atoms with Gasteiger partial charge in [-0.25, -0.2) is 14.8 Å². The van der Waals surface area contributed by atoms with Crippen LogP contribution in [0.5, 0.6) is 0 Å². The number of rotatable bonds is 7. The quantitative estimate of drug-likeness (QED) is 0.256. The number of ether oxygens (including phenoxy) is 1. The van der Waals surface area contributed by atoms with E-state index in [1.165, 1.54) is 12.1 Å². The van der Waals surface area contributed by atoms with Crippen LogP contribution in [-0.4, -0.2) is 31.9 Å². The van der Waals surface area contributed by atoms with Gasteiger partial charge >= 0.3 is 18.3 Å². The van der Waals surface area contributed by atoms with Crippen molar-refractivity contribution in [3.05, 3.63) is 72.1 Å². The maximum Gasteiger partial charge on any atom is 0.416 e. The van der Waals surface area contributed by atoms with Gasteiger partial charge in [0, 0.05) is 24.6 Å². The highest BCUT2D eigenvalue weighted by atomic mass is 19.4. The summed E-state index contributed by atoms with van der Waals surface area (Å²) in [6.07, 6.45) is -1.97. The van der Waals surface area contributed by atoms with E-state index in [0.717, 1.165) is 17.7 Å². The van der Waals surface area contributed by atoms with Crippen LogP contribution in [0.25, 0.3) is 11.5 Å². The Kier molecular flexibility index (Phi) is 7.46. The van der Waals surface area contributed by atoms with Crippen LogP contribution < -0.4 is 16.0 Å². The molecule has 198 valence electrons. The second-order valence-corrected chi connectivity index (χ2v) is 9.05. The van der Waals surface area contributed by atoms with Gasteiger partial charge < -0.3 is 19.8 Å². The third-order valence-electron chi connectivity index (χ3n) is 4.82. The maximum absolute atomic E-state index is 13.0. The molecule has 3 aromatic heterocycles. The first kappa shape index (κ1) is 26.4.